The maximum absolute atomic E-state index is 13.2. The number of ether oxygens (including phenoxy) is 1. The number of rotatable bonds is 8. The number of benzene rings is 1. The number of nitrogens with zero attached hydrogens (tertiary/aromatic N) is 4. The van der Waals surface area contributed by atoms with Gasteiger partial charge in [-0.15, -0.1) is 12.4 Å². The molecule has 2 fully saturated rings. The summed E-state index contributed by atoms with van der Waals surface area (Å²) in [6, 6.07) is 15.2. The van der Waals surface area contributed by atoms with Gasteiger partial charge in [-0.1, -0.05) is 44.2 Å². The van der Waals surface area contributed by atoms with Crippen LogP contribution in [0, 0.1) is 5.92 Å². The van der Waals surface area contributed by atoms with E-state index in [9.17, 15) is 9.59 Å². The zero-order valence-electron chi connectivity index (χ0n) is 22.3. The number of hydrogen-bond acceptors (Lipinski definition) is 5. The molecule has 0 bridgehead atoms. The first-order valence-corrected chi connectivity index (χ1v) is 13.8. The predicted molar refractivity (Wildman–Crippen MR) is 154 cm³/mol. The van der Waals surface area contributed by atoms with Crippen LogP contribution in [0.15, 0.2) is 67.1 Å². The number of aromatic nitrogens is 2. The Morgan fingerprint density at radius 1 is 0.897 bits per heavy atom. The van der Waals surface area contributed by atoms with Gasteiger partial charge in [-0.05, 0) is 54.3 Å². The molecule has 39 heavy (non-hydrogen) atoms. The van der Waals surface area contributed by atoms with Crippen LogP contribution in [0.2, 0.25) is 0 Å². The topological polar surface area (TPSA) is 75.6 Å². The van der Waals surface area contributed by atoms with Crippen molar-refractivity contribution in [1.29, 1.82) is 0 Å². The minimum atomic E-state index is -0.0120. The molecule has 206 valence electrons. The number of carbonyl (C=O) groups is 2. The van der Waals surface area contributed by atoms with Crippen LogP contribution in [0.1, 0.15) is 54.4 Å². The van der Waals surface area contributed by atoms with E-state index in [4.69, 9.17) is 4.74 Å². The molecule has 3 heterocycles. The van der Waals surface area contributed by atoms with Crippen molar-refractivity contribution in [2.45, 2.75) is 44.9 Å². The van der Waals surface area contributed by atoms with E-state index in [1.54, 1.807) is 18.6 Å². The van der Waals surface area contributed by atoms with Crippen LogP contribution in [-0.4, -0.2) is 64.4 Å². The molecule has 8 heteroatoms. The average molecular weight is 549 g/mol. The normalized spacial score (nSPS) is 15.9. The first-order valence-electron chi connectivity index (χ1n) is 13.8. The van der Waals surface area contributed by atoms with E-state index in [1.807, 2.05) is 58.3 Å². The van der Waals surface area contributed by atoms with Gasteiger partial charge in [-0.2, -0.15) is 0 Å². The zero-order chi connectivity index (χ0) is 26.2. The standard InChI is InChI=1S/C31H36N4O3.ClH/c36-30(20-25-19-27(23-32-22-25)29-11-4-5-13-33-29)34-14-16-35(17-15-34)31(37)26-9-6-10-28(21-26)38-18-12-24-7-2-1-3-8-24;/h4-6,9-11,13,19,21-24H,1-3,7-8,12,14-18,20H2;1H. The Hall–Kier alpha value is -3.45. The molecule has 1 aliphatic carbocycles. The van der Waals surface area contributed by atoms with Crippen LogP contribution in [-0.2, 0) is 11.2 Å². The Balaban J connectivity index is 0.00000353. The van der Waals surface area contributed by atoms with Crippen molar-refractivity contribution in [3.05, 3.63) is 78.2 Å². The minimum absolute atomic E-state index is 0. The van der Waals surface area contributed by atoms with Gasteiger partial charge in [0.05, 0.1) is 18.7 Å². The second-order valence-electron chi connectivity index (χ2n) is 10.3. The van der Waals surface area contributed by atoms with Crippen molar-refractivity contribution in [3.8, 4) is 17.0 Å². The van der Waals surface area contributed by atoms with Gasteiger partial charge in [0.2, 0.25) is 5.91 Å². The lowest BCUT2D eigenvalue weighted by atomic mass is 9.87. The Morgan fingerprint density at radius 2 is 1.69 bits per heavy atom. The number of carbonyl (C=O) groups excluding carboxylic acids is 2. The van der Waals surface area contributed by atoms with Gasteiger partial charge in [-0.25, -0.2) is 0 Å². The lowest BCUT2D eigenvalue weighted by molar-refractivity contribution is -0.131. The van der Waals surface area contributed by atoms with E-state index >= 15 is 0 Å². The predicted octanol–water partition coefficient (Wildman–Crippen LogP) is 5.44. The van der Waals surface area contributed by atoms with Crippen LogP contribution in [0.4, 0.5) is 0 Å². The van der Waals surface area contributed by atoms with E-state index in [-0.39, 0.29) is 30.6 Å². The number of pyridine rings is 2. The molecule has 0 radical (unpaired) electrons. The molecule has 3 aromatic rings. The Morgan fingerprint density at radius 3 is 2.46 bits per heavy atom. The molecule has 0 atom stereocenters. The largest absolute Gasteiger partial charge is 0.494 e. The van der Waals surface area contributed by atoms with Gasteiger partial charge in [0, 0.05) is 55.9 Å². The molecule has 1 aromatic carbocycles. The highest BCUT2D eigenvalue weighted by molar-refractivity contribution is 5.94. The third-order valence-corrected chi connectivity index (χ3v) is 7.63. The SMILES string of the molecule is Cl.O=C(Cc1cncc(-c2ccccn2)c1)N1CCN(C(=O)c2cccc(OCCC3CCCCC3)c2)CC1. The third kappa shape index (κ3) is 7.79. The highest BCUT2D eigenvalue weighted by atomic mass is 35.5. The first kappa shape index (κ1) is 28.6. The van der Waals surface area contributed by atoms with Crippen LogP contribution >= 0.6 is 12.4 Å². The zero-order valence-corrected chi connectivity index (χ0v) is 23.2. The van der Waals surface area contributed by atoms with Gasteiger partial charge >= 0.3 is 0 Å². The second kappa shape index (κ2) is 14.1. The number of piperazine rings is 1. The third-order valence-electron chi connectivity index (χ3n) is 7.63. The van der Waals surface area contributed by atoms with E-state index in [0.29, 0.717) is 38.3 Å². The Bertz CT molecular complexity index is 1230. The molecular formula is C31H37ClN4O3. The van der Waals surface area contributed by atoms with Crippen LogP contribution < -0.4 is 4.74 Å². The van der Waals surface area contributed by atoms with Crippen molar-refractivity contribution in [2.75, 3.05) is 32.8 Å². The van der Waals surface area contributed by atoms with E-state index < -0.39 is 0 Å². The molecule has 5 rings (SSSR count). The fourth-order valence-corrected chi connectivity index (χ4v) is 5.42. The van der Waals surface area contributed by atoms with Gasteiger partial charge in [0.1, 0.15) is 5.75 Å². The molecule has 1 aliphatic heterocycles. The van der Waals surface area contributed by atoms with Crippen molar-refractivity contribution in [3.63, 3.8) is 0 Å². The molecule has 2 aromatic heterocycles. The maximum atomic E-state index is 13.2. The highest BCUT2D eigenvalue weighted by Crippen LogP contribution is 2.26. The Labute approximate surface area is 237 Å². The molecule has 0 spiro atoms. The van der Waals surface area contributed by atoms with Crippen LogP contribution in [0.3, 0.4) is 0 Å². The summed E-state index contributed by atoms with van der Waals surface area (Å²) in [5.74, 6) is 1.56. The fraction of sp³-hybridized carbons (Fsp3) is 0.419. The summed E-state index contributed by atoms with van der Waals surface area (Å²) in [7, 11) is 0. The fourth-order valence-electron chi connectivity index (χ4n) is 5.42. The van der Waals surface area contributed by atoms with E-state index in [0.717, 1.165) is 34.9 Å². The number of halogens is 1. The van der Waals surface area contributed by atoms with Crippen molar-refractivity contribution in [1.82, 2.24) is 19.8 Å². The van der Waals surface area contributed by atoms with Crippen molar-refractivity contribution in [2.24, 2.45) is 5.92 Å². The molecular weight excluding hydrogens is 512 g/mol. The van der Waals surface area contributed by atoms with Gasteiger partial charge in [0.25, 0.3) is 5.91 Å². The van der Waals surface area contributed by atoms with Gasteiger partial charge < -0.3 is 14.5 Å². The summed E-state index contributed by atoms with van der Waals surface area (Å²) < 4.78 is 6.00. The van der Waals surface area contributed by atoms with Gasteiger partial charge in [-0.3, -0.25) is 19.6 Å². The summed E-state index contributed by atoms with van der Waals surface area (Å²) in [5, 5.41) is 0. The monoisotopic (exact) mass is 548 g/mol. The lowest BCUT2D eigenvalue weighted by Crippen LogP contribution is -2.51. The lowest BCUT2D eigenvalue weighted by Gasteiger charge is -2.35. The van der Waals surface area contributed by atoms with Crippen LogP contribution in [0.25, 0.3) is 11.3 Å². The molecule has 7 nitrogen and oxygen atoms in total. The van der Waals surface area contributed by atoms with E-state index in [2.05, 4.69) is 9.97 Å². The highest BCUT2D eigenvalue weighted by Gasteiger charge is 2.25. The molecule has 0 unspecified atom stereocenters. The summed E-state index contributed by atoms with van der Waals surface area (Å²) in [6.07, 6.45) is 13.3. The minimum Gasteiger partial charge on any atom is -0.494 e. The van der Waals surface area contributed by atoms with Crippen LogP contribution in [0.5, 0.6) is 5.75 Å². The smallest absolute Gasteiger partial charge is 0.254 e. The molecule has 2 aliphatic rings. The molecule has 0 N–H and O–H groups in total. The summed E-state index contributed by atoms with van der Waals surface area (Å²) >= 11 is 0. The summed E-state index contributed by atoms with van der Waals surface area (Å²) in [5.41, 5.74) is 3.22. The maximum Gasteiger partial charge on any atom is 0.254 e. The molecule has 2 amide bonds. The summed E-state index contributed by atoms with van der Waals surface area (Å²) in [4.78, 5) is 38.5. The first-order chi connectivity index (χ1) is 18.7. The second-order valence-corrected chi connectivity index (χ2v) is 10.3. The molecule has 1 saturated carbocycles. The van der Waals surface area contributed by atoms with Crippen molar-refractivity contribution >= 4 is 24.2 Å². The molecule has 1 saturated heterocycles. The quantitative estimate of drug-likeness (QED) is 0.374. The summed E-state index contributed by atoms with van der Waals surface area (Å²) in [6.45, 7) is 2.78. The van der Waals surface area contributed by atoms with Gasteiger partial charge in [0.15, 0.2) is 0 Å². The number of hydrogen-bond donors (Lipinski definition) is 0. The van der Waals surface area contributed by atoms with Crippen molar-refractivity contribution < 1.29 is 14.3 Å². The number of amides is 2. The average Bonchev–Trinajstić information content (AvgIpc) is 2.98. The Kier molecular flexibility index (Phi) is 10.3. The van der Waals surface area contributed by atoms with E-state index in [1.165, 1.54) is 32.1 Å².